The summed E-state index contributed by atoms with van der Waals surface area (Å²) in [4.78, 5) is 36.1. The number of benzene rings is 2. The number of amides is 2. The largest absolute Gasteiger partial charge is 0.298 e. The fourth-order valence-electron chi connectivity index (χ4n) is 2.38. The number of rotatable bonds is 4. The average Bonchev–Trinajstić information content (AvgIpc) is 2.90. The highest BCUT2D eigenvalue weighted by Gasteiger charge is 2.33. The summed E-state index contributed by atoms with van der Waals surface area (Å²) >= 11 is 6.33. The van der Waals surface area contributed by atoms with E-state index in [4.69, 9.17) is 12.2 Å². The van der Waals surface area contributed by atoms with Gasteiger partial charge in [-0.05, 0) is 42.4 Å². The molecule has 3 rings (SSSR count). The Bertz CT molecular complexity index is 936. The molecular weight excluding hydrogens is 368 g/mol. The molecule has 26 heavy (non-hydrogen) atoms. The van der Waals surface area contributed by atoms with Gasteiger partial charge in [-0.25, -0.2) is 0 Å². The van der Waals surface area contributed by atoms with Gasteiger partial charge in [-0.15, -0.1) is 0 Å². The van der Waals surface area contributed by atoms with Gasteiger partial charge in [0.1, 0.15) is 6.29 Å². The number of thioether (sulfide) groups is 1. The molecule has 7 heteroatoms. The molecule has 0 spiro atoms. The van der Waals surface area contributed by atoms with E-state index in [2.05, 4.69) is 5.43 Å². The molecule has 130 valence electrons. The summed E-state index contributed by atoms with van der Waals surface area (Å²) in [6, 6.07) is 13.9. The van der Waals surface area contributed by atoms with Crippen molar-refractivity contribution >= 4 is 52.5 Å². The minimum Gasteiger partial charge on any atom is -0.298 e. The lowest BCUT2D eigenvalue weighted by molar-refractivity contribution is -0.123. The predicted octanol–water partition coefficient (Wildman–Crippen LogP) is 3.35. The van der Waals surface area contributed by atoms with Gasteiger partial charge in [-0.1, -0.05) is 54.2 Å². The third kappa shape index (κ3) is 3.74. The van der Waals surface area contributed by atoms with E-state index in [1.54, 1.807) is 42.5 Å². The van der Waals surface area contributed by atoms with Crippen molar-refractivity contribution in [1.82, 2.24) is 10.4 Å². The highest BCUT2D eigenvalue weighted by Crippen LogP contribution is 2.31. The number of nitrogens with one attached hydrogen (secondary N) is 1. The third-order valence-corrected chi connectivity index (χ3v) is 5.07. The quantitative estimate of drug-likeness (QED) is 0.499. The zero-order valence-corrected chi connectivity index (χ0v) is 15.4. The van der Waals surface area contributed by atoms with Gasteiger partial charge in [0.15, 0.2) is 4.32 Å². The smallest absolute Gasteiger partial charge is 0.285 e. The first-order valence-electron chi connectivity index (χ1n) is 7.69. The van der Waals surface area contributed by atoms with Crippen molar-refractivity contribution in [2.75, 3.05) is 0 Å². The lowest BCUT2D eigenvalue weighted by atomic mass is 10.1. The van der Waals surface area contributed by atoms with Crippen LogP contribution in [0.3, 0.4) is 0 Å². The van der Waals surface area contributed by atoms with Gasteiger partial charge < -0.3 is 0 Å². The van der Waals surface area contributed by atoms with Crippen LogP contribution in [0.5, 0.6) is 0 Å². The molecule has 2 amide bonds. The topological polar surface area (TPSA) is 66.5 Å². The highest BCUT2D eigenvalue weighted by atomic mass is 32.2. The van der Waals surface area contributed by atoms with Crippen molar-refractivity contribution in [2.45, 2.75) is 6.92 Å². The van der Waals surface area contributed by atoms with Crippen LogP contribution in [-0.4, -0.2) is 27.4 Å². The Hall–Kier alpha value is -2.77. The van der Waals surface area contributed by atoms with E-state index < -0.39 is 5.91 Å². The summed E-state index contributed by atoms with van der Waals surface area (Å²) in [6.45, 7) is 1.82. The molecule has 0 radical (unpaired) electrons. The van der Waals surface area contributed by atoms with Crippen molar-refractivity contribution in [3.05, 3.63) is 75.7 Å². The summed E-state index contributed by atoms with van der Waals surface area (Å²) in [5, 5.41) is 1.08. The molecular formula is C19H14N2O3S2. The Kier molecular flexibility index (Phi) is 5.29. The summed E-state index contributed by atoms with van der Waals surface area (Å²) in [5.74, 6) is -0.780. The zero-order chi connectivity index (χ0) is 18.7. The van der Waals surface area contributed by atoms with Crippen molar-refractivity contribution in [3.63, 3.8) is 0 Å². The number of aryl methyl sites for hydroxylation is 1. The maximum Gasteiger partial charge on any atom is 0.285 e. The maximum atomic E-state index is 12.6. The van der Waals surface area contributed by atoms with Crippen molar-refractivity contribution in [3.8, 4) is 0 Å². The van der Waals surface area contributed by atoms with Gasteiger partial charge in [0.2, 0.25) is 0 Å². The van der Waals surface area contributed by atoms with E-state index in [0.717, 1.165) is 34.2 Å². The van der Waals surface area contributed by atoms with Crippen LogP contribution in [0.1, 0.15) is 31.8 Å². The molecule has 1 aliphatic heterocycles. The van der Waals surface area contributed by atoms with Crippen LogP contribution in [0.4, 0.5) is 0 Å². The van der Waals surface area contributed by atoms with Gasteiger partial charge >= 0.3 is 0 Å². The second-order valence-electron chi connectivity index (χ2n) is 5.56. The van der Waals surface area contributed by atoms with Crippen LogP contribution in [0.25, 0.3) is 6.08 Å². The molecule has 1 fully saturated rings. The van der Waals surface area contributed by atoms with Crippen molar-refractivity contribution in [1.29, 1.82) is 0 Å². The number of hydrogen-bond acceptors (Lipinski definition) is 5. The van der Waals surface area contributed by atoms with Crippen LogP contribution < -0.4 is 5.43 Å². The Labute approximate surface area is 160 Å². The average molecular weight is 382 g/mol. The normalized spacial score (nSPS) is 15.4. The van der Waals surface area contributed by atoms with Gasteiger partial charge in [-0.2, -0.15) is 5.01 Å². The number of carbonyl (C=O) groups excluding carboxylic acids is 3. The first-order chi connectivity index (χ1) is 12.5. The van der Waals surface area contributed by atoms with Gasteiger partial charge in [0.25, 0.3) is 11.8 Å². The number of thiocarbonyl (C=S) groups is 1. The zero-order valence-electron chi connectivity index (χ0n) is 13.8. The number of hydrogen-bond donors (Lipinski definition) is 1. The van der Waals surface area contributed by atoms with Gasteiger partial charge in [0, 0.05) is 11.1 Å². The van der Waals surface area contributed by atoms with E-state index in [0.29, 0.717) is 16.0 Å². The Morgan fingerprint density at radius 3 is 2.42 bits per heavy atom. The molecule has 0 saturated carbocycles. The SMILES string of the molecule is Cc1ccccc1C(=O)NN1C(=O)/C(=C\c2ccc(C=O)cc2)SC1=S. The van der Waals surface area contributed by atoms with Crippen LogP contribution in [0.15, 0.2) is 53.4 Å². The van der Waals surface area contributed by atoms with Crippen LogP contribution >= 0.6 is 24.0 Å². The van der Waals surface area contributed by atoms with E-state index in [1.807, 2.05) is 19.1 Å². The molecule has 1 aliphatic rings. The maximum absolute atomic E-state index is 12.6. The molecule has 1 N–H and O–H groups in total. The minimum atomic E-state index is -0.393. The summed E-state index contributed by atoms with van der Waals surface area (Å²) in [7, 11) is 0. The van der Waals surface area contributed by atoms with Crippen molar-refractivity contribution in [2.24, 2.45) is 0 Å². The summed E-state index contributed by atoms with van der Waals surface area (Å²) < 4.78 is 0.257. The van der Waals surface area contributed by atoms with Crippen LogP contribution in [-0.2, 0) is 4.79 Å². The first kappa shape index (κ1) is 18.0. The Morgan fingerprint density at radius 2 is 1.77 bits per heavy atom. The molecule has 1 heterocycles. The molecule has 0 aromatic heterocycles. The fraction of sp³-hybridized carbons (Fsp3) is 0.0526. The van der Waals surface area contributed by atoms with Crippen LogP contribution in [0, 0.1) is 6.92 Å². The lowest BCUT2D eigenvalue weighted by Crippen LogP contribution is -2.45. The fourth-order valence-corrected chi connectivity index (χ4v) is 3.56. The monoisotopic (exact) mass is 382 g/mol. The van der Waals surface area contributed by atoms with Crippen LogP contribution in [0.2, 0.25) is 0 Å². The van der Waals surface area contributed by atoms with Gasteiger partial charge in [0.05, 0.1) is 4.91 Å². The highest BCUT2D eigenvalue weighted by molar-refractivity contribution is 8.26. The molecule has 0 aliphatic carbocycles. The Morgan fingerprint density at radius 1 is 1.12 bits per heavy atom. The number of hydrazine groups is 1. The number of nitrogens with zero attached hydrogens (tertiary/aromatic N) is 1. The lowest BCUT2D eigenvalue weighted by Gasteiger charge is -2.16. The molecule has 0 unspecified atom stereocenters. The Balaban J connectivity index is 1.78. The van der Waals surface area contributed by atoms with E-state index in [-0.39, 0.29) is 10.2 Å². The molecule has 5 nitrogen and oxygen atoms in total. The van der Waals surface area contributed by atoms with E-state index >= 15 is 0 Å². The molecule has 2 aromatic carbocycles. The van der Waals surface area contributed by atoms with E-state index in [9.17, 15) is 14.4 Å². The first-order valence-corrected chi connectivity index (χ1v) is 8.92. The van der Waals surface area contributed by atoms with Crippen molar-refractivity contribution < 1.29 is 14.4 Å². The minimum absolute atomic E-state index is 0.257. The second-order valence-corrected chi connectivity index (χ2v) is 7.23. The number of carbonyl (C=O) groups is 3. The van der Waals surface area contributed by atoms with E-state index in [1.165, 1.54) is 0 Å². The van der Waals surface area contributed by atoms with Gasteiger partial charge in [-0.3, -0.25) is 19.8 Å². The molecule has 1 saturated heterocycles. The summed E-state index contributed by atoms with van der Waals surface area (Å²) in [6.07, 6.45) is 2.43. The predicted molar refractivity (Wildman–Crippen MR) is 105 cm³/mol. The summed E-state index contributed by atoms with van der Waals surface area (Å²) in [5.41, 5.74) is 5.17. The third-order valence-electron chi connectivity index (χ3n) is 3.77. The molecule has 0 bridgehead atoms. The molecule has 0 atom stereocenters. The second kappa shape index (κ2) is 7.63. The standard InChI is InChI=1S/C19H14N2O3S2/c1-12-4-2-3-5-15(12)17(23)20-21-18(24)16(26-19(21)25)10-13-6-8-14(11-22)9-7-13/h2-11H,1H3,(H,20,23)/b16-10+. The molecule has 2 aromatic rings. The number of aldehydes is 1.